The van der Waals surface area contributed by atoms with Crippen LogP contribution in [0.3, 0.4) is 0 Å². The summed E-state index contributed by atoms with van der Waals surface area (Å²) >= 11 is 1.37. The van der Waals surface area contributed by atoms with Gasteiger partial charge in [0.2, 0.25) is 5.13 Å². The fourth-order valence-electron chi connectivity index (χ4n) is 2.15. The highest BCUT2D eigenvalue weighted by atomic mass is 32.1. The minimum absolute atomic E-state index is 0.138. The van der Waals surface area contributed by atoms with Crippen LogP contribution in [0.5, 0.6) is 5.75 Å². The number of nitrogens with zero attached hydrogens (tertiary/aromatic N) is 2. The van der Waals surface area contributed by atoms with Crippen molar-refractivity contribution in [2.24, 2.45) is 0 Å². The molecule has 1 amide bonds. The van der Waals surface area contributed by atoms with Gasteiger partial charge in [0.15, 0.2) is 0 Å². The molecule has 0 spiro atoms. The van der Waals surface area contributed by atoms with Crippen molar-refractivity contribution in [2.75, 3.05) is 18.5 Å². The molecule has 1 fully saturated rings. The van der Waals surface area contributed by atoms with Gasteiger partial charge in [-0.05, 0) is 25.0 Å². The number of ether oxygens (including phenoxy) is 2. The van der Waals surface area contributed by atoms with E-state index in [2.05, 4.69) is 15.5 Å². The van der Waals surface area contributed by atoms with E-state index in [1.165, 1.54) is 11.3 Å². The summed E-state index contributed by atoms with van der Waals surface area (Å²) in [7, 11) is 0. The van der Waals surface area contributed by atoms with E-state index < -0.39 is 0 Å². The third-order valence-electron chi connectivity index (χ3n) is 3.25. The standard InChI is InChI=1S/C15H17N3O3S/c19-14(12-7-4-9-21-12)16-15-18-17-13(22-15)8-10-20-11-5-2-1-3-6-11/h1-3,5-6,12H,4,7-10H2,(H,16,18,19). The van der Waals surface area contributed by atoms with Crippen LogP contribution in [0.25, 0.3) is 0 Å². The molecule has 2 heterocycles. The van der Waals surface area contributed by atoms with Crippen molar-refractivity contribution in [3.8, 4) is 5.75 Å². The third kappa shape index (κ3) is 4.02. The first-order valence-corrected chi connectivity index (χ1v) is 8.05. The zero-order valence-electron chi connectivity index (χ0n) is 12.0. The number of para-hydroxylation sites is 1. The van der Waals surface area contributed by atoms with Gasteiger partial charge in [-0.25, -0.2) is 0 Å². The van der Waals surface area contributed by atoms with Gasteiger partial charge < -0.3 is 9.47 Å². The summed E-state index contributed by atoms with van der Waals surface area (Å²) in [4.78, 5) is 11.9. The minimum atomic E-state index is -0.353. The first-order valence-electron chi connectivity index (χ1n) is 7.24. The number of hydrogen-bond donors (Lipinski definition) is 1. The van der Waals surface area contributed by atoms with Gasteiger partial charge in [0, 0.05) is 13.0 Å². The van der Waals surface area contributed by atoms with Crippen molar-refractivity contribution in [1.82, 2.24) is 10.2 Å². The van der Waals surface area contributed by atoms with E-state index in [0.29, 0.717) is 24.8 Å². The molecule has 1 atom stereocenters. The molecular weight excluding hydrogens is 302 g/mol. The Hall–Kier alpha value is -1.99. The van der Waals surface area contributed by atoms with E-state index in [1.54, 1.807) is 0 Å². The molecule has 0 radical (unpaired) electrons. The van der Waals surface area contributed by atoms with E-state index >= 15 is 0 Å². The number of benzene rings is 1. The van der Waals surface area contributed by atoms with Crippen molar-refractivity contribution in [3.63, 3.8) is 0 Å². The van der Waals surface area contributed by atoms with Gasteiger partial charge in [0.25, 0.3) is 5.91 Å². The normalized spacial score (nSPS) is 17.4. The molecule has 1 aliphatic heterocycles. The van der Waals surface area contributed by atoms with E-state index in [-0.39, 0.29) is 12.0 Å². The number of carbonyl (C=O) groups excluding carboxylic acids is 1. The van der Waals surface area contributed by atoms with E-state index in [1.807, 2.05) is 30.3 Å². The fourth-order valence-corrected chi connectivity index (χ4v) is 2.87. The smallest absolute Gasteiger partial charge is 0.255 e. The molecule has 1 aromatic heterocycles. The first kappa shape index (κ1) is 14.9. The maximum Gasteiger partial charge on any atom is 0.255 e. The van der Waals surface area contributed by atoms with Crippen molar-refractivity contribution < 1.29 is 14.3 Å². The monoisotopic (exact) mass is 319 g/mol. The van der Waals surface area contributed by atoms with Gasteiger partial charge in [-0.15, -0.1) is 10.2 Å². The summed E-state index contributed by atoms with van der Waals surface area (Å²) in [5, 5.41) is 12.1. The van der Waals surface area contributed by atoms with Gasteiger partial charge in [-0.1, -0.05) is 29.5 Å². The topological polar surface area (TPSA) is 73.3 Å². The van der Waals surface area contributed by atoms with E-state index in [4.69, 9.17) is 9.47 Å². The Morgan fingerprint density at radius 2 is 2.23 bits per heavy atom. The Morgan fingerprint density at radius 3 is 3.00 bits per heavy atom. The molecule has 1 aliphatic rings. The Labute approximate surface area is 132 Å². The fraction of sp³-hybridized carbons (Fsp3) is 0.400. The molecule has 7 heteroatoms. The summed E-state index contributed by atoms with van der Waals surface area (Å²) in [6.07, 6.45) is 2.00. The lowest BCUT2D eigenvalue weighted by Gasteiger charge is -2.07. The Kier molecular flexibility index (Phi) is 4.97. The molecular formula is C15H17N3O3S. The molecule has 0 aliphatic carbocycles. The van der Waals surface area contributed by atoms with Crippen LogP contribution in [0.2, 0.25) is 0 Å². The van der Waals surface area contributed by atoms with Crippen LogP contribution in [0.15, 0.2) is 30.3 Å². The SMILES string of the molecule is O=C(Nc1nnc(CCOc2ccccc2)s1)C1CCCO1. The summed E-state index contributed by atoms with van der Waals surface area (Å²) in [6, 6.07) is 9.62. The van der Waals surface area contributed by atoms with Crippen LogP contribution in [0, 0.1) is 0 Å². The van der Waals surface area contributed by atoms with Crippen molar-refractivity contribution >= 4 is 22.4 Å². The molecule has 0 bridgehead atoms. The number of hydrogen-bond acceptors (Lipinski definition) is 6. The molecule has 2 aromatic rings. The maximum atomic E-state index is 11.9. The molecule has 1 unspecified atom stereocenters. The quantitative estimate of drug-likeness (QED) is 0.884. The maximum absolute atomic E-state index is 11.9. The number of rotatable bonds is 6. The van der Waals surface area contributed by atoms with Crippen LogP contribution in [0.4, 0.5) is 5.13 Å². The van der Waals surface area contributed by atoms with Gasteiger partial charge in [0.05, 0.1) is 6.61 Å². The largest absolute Gasteiger partial charge is 0.493 e. The third-order valence-corrected chi connectivity index (χ3v) is 4.15. The second kappa shape index (κ2) is 7.33. The Bertz CT molecular complexity index is 612. The predicted octanol–water partition coefficient (Wildman–Crippen LogP) is 2.28. The average Bonchev–Trinajstić information content (AvgIpc) is 3.20. The highest BCUT2D eigenvalue weighted by molar-refractivity contribution is 7.15. The Balaban J connectivity index is 1.45. The van der Waals surface area contributed by atoms with Gasteiger partial charge >= 0.3 is 0 Å². The molecule has 3 rings (SSSR count). The van der Waals surface area contributed by atoms with Crippen molar-refractivity contribution in [3.05, 3.63) is 35.3 Å². The number of carbonyl (C=O) groups is 1. The number of aromatic nitrogens is 2. The van der Waals surface area contributed by atoms with Crippen molar-refractivity contribution in [1.29, 1.82) is 0 Å². The summed E-state index contributed by atoms with van der Waals surface area (Å²) in [6.45, 7) is 1.18. The number of nitrogens with one attached hydrogen (secondary N) is 1. The van der Waals surface area contributed by atoms with Crippen molar-refractivity contribution in [2.45, 2.75) is 25.4 Å². The molecule has 116 valence electrons. The minimum Gasteiger partial charge on any atom is -0.493 e. The van der Waals surface area contributed by atoms with Gasteiger partial charge in [0.1, 0.15) is 16.9 Å². The first-order chi connectivity index (χ1) is 10.8. The van der Waals surface area contributed by atoms with E-state index in [9.17, 15) is 4.79 Å². The summed E-state index contributed by atoms with van der Waals surface area (Å²) in [5.41, 5.74) is 0. The number of anilines is 1. The second-order valence-corrected chi connectivity index (χ2v) is 5.97. The average molecular weight is 319 g/mol. The number of amides is 1. The molecule has 22 heavy (non-hydrogen) atoms. The highest BCUT2D eigenvalue weighted by Gasteiger charge is 2.24. The lowest BCUT2D eigenvalue weighted by molar-refractivity contribution is -0.124. The zero-order chi connectivity index (χ0) is 15.2. The van der Waals surface area contributed by atoms with Crippen LogP contribution >= 0.6 is 11.3 Å². The van der Waals surface area contributed by atoms with Crippen LogP contribution < -0.4 is 10.1 Å². The molecule has 1 aromatic carbocycles. The molecule has 6 nitrogen and oxygen atoms in total. The van der Waals surface area contributed by atoms with Crippen LogP contribution in [0.1, 0.15) is 17.8 Å². The van der Waals surface area contributed by atoms with E-state index in [0.717, 1.165) is 23.6 Å². The molecule has 1 N–H and O–H groups in total. The van der Waals surface area contributed by atoms with Gasteiger partial charge in [-0.2, -0.15) is 0 Å². The lowest BCUT2D eigenvalue weighted by Crippen LogP contribution is -2.26. The summed E-state index contributed by atoms with van der Waals surface area (Å²) < 4.78 is 10.9. The zero-order valence-corrected chi connectivity index (χ0v) is 12.8. The molecule has 1 saturated heterocycles. The predicted molar refractivity (Wildman–Crippen MR) is 83.2 cm³/mol. The second-order valence-electron chi connectivity index (χ2n) is 4.90. The van der Waals surface area contributed by atoms with Gasteiger partial charge in [-0.3, -0.25) is 10.1 Å². The lowest BCUT2D eigenvalue weighted by atomic mass is 10.2. The van der Waals surface area contributed by atoms with Crippen LogP contribution in [-0.4, -0.2) is 35.4 Å². The molecule has 0 saturated carbocycles. The Morgan fingerprint density at radius 1 is 1.36 bits per heavy atom. The summed E-state index contributed by atoms with van der Waals surface area (Å²) in [5.74, 6) is 0.694. The van der Waals surface area contributed by atoms with Crippen LogP contribution in [-0.2, 0) is 16.0 Å². The highest BCUT2D eigenvalue weighted by Crippen LogP contribution is 2.19.